The molecule has 3 heterocycles. The Hall–Kier alpha value is -0.910. The molecule has 1 N–H and O–H groups in total. The van der Waals surface area contributed by atoms with Gasteiger partial charge in [0.05, 0.1) is 23.5 Å². The van der Waals surface area contributed by atoms with Crippen LogP contribution in [-0.4, -0.2) is 16.1 Å². The van der Waals surface area contributed by atoms with Crippen molar-refractivity contribution in [3.63, 3.8) is 0 Å². The molecule has 0 saturated carbocycles. The van der Waals surface area contributed by atoms with Crippen LogP contribution in [0.15, 0.2) is 4.79 Å². The minimum Gasteiger partial charge on any atom is -0.370 e. The smallest absolute Gasteiger partial charge is 0.259 e. The van der Waals surface area contributed by atoms with Crippen LogP contribution in [0.4, 0.5) is 0 Å². The Labute approximate surface area is 113 Å². The molecule has 4 nitrogen and oxygen atoms in total. The van der Waals surface area contributed by atoms with Crippen LogP contribution in [0.25, 0.3) is 10.2 Å². The summed E-state index contributed by atoms with van der Waals surface area (Å²) in [5.41, 5.74) is 1.01. The first-order valence-corrected chi connectivity index (χ1v) is 7.21. The minimum atomic E-state index is -0.0885. The molecular weight excluding hydrogens is 272 g/mol. The zero-order valence-corrected chi connectivity index (χ0v) is 11.7. The van der Waals surface area contributed by atoms with Crippen molar-refractivity contribution in [1.82, 2.24) is 9.97 Å². The summed E-state index contributed by atoms with van der Waals surface area (Å²) >= 11 is 7.26. The van der Waals surface area contributed by atoms with E-state index >= 15 is 0 Å². The van der Waals surface area contributed by atoms with Crippen LogP contribution in [0, 0.1) is 0 Å². The predicted octanol–water partition coefficient (Wildman–Crippen LogP) is 2.75. The van der Waals surface area contributed by atoms with Crippen molar-refractivity contribution in [1.29, 1.82) is 0 Å². The third-order valence-electron chi connectivity index (χ3n) is 3.16. The molecule has 0 aliphatic carbocycles. The lowest BCUT2D eigenvalue weighted by molar-refractivity contribution is -0.00181. The van der Waals surface area contributed by atoms with E-state index in [-0.39, 0.29) is 23.6 Å². The summed E-state index contributed by atoms with van der Waals surface area (Å²) < 4.78 is 5.78. The molecule has 0 spiro atoms. The summed E-state index contributed by atoms with van der Waals surface area (Å²) in [6.07, 6.45) is 0.934. The van der Waals surface area contributed by atoms with E-state index in [0.717, 1.165) is 21.7 Å². The number of hydrogen-bond donors (Lipinski definition) is 1. The first-order chi connectivity index (χ1) is 8.60. The van der Waals surface area contributed by atoms with Gasteiger partial charge in [0.15, 0.2) is 0 Å². The van der Waals surface area contributed by atoms with Gasteiger partial charge < -0.3 is 9.72 Å². The molecule has 18 heavy (non-hydrogen) atoms. The van der Waals surface area contributed by atoms with Gasteiger partial charge in [0.1, 0.15) is 10.7 Å². The van der Waals surface area contributed by atoms with Gasteiger partial charge in [-0.2, -0.15) is 0 Å². The second-order valence-electron chi connectivity index (χ2n) is 4.56. The fourth-order valence-electron chi connectivity index (χ4n) is 2.47. The van der Waals surface area contributed by atoms with Crippen molar-refractivity contribution in [2.24, 2.45) is 0 Å². The van der Waals surface area contributed by atoms with Crippen LogP contribution in [-0.2, 0) is 17.0 Å². The second-order valence-corrected chi connectivity index (χ2v) is 5.86. The molecule has 1 aliphatic heterocycles. The number of halogens is 1. The Bertz CT molecular complexity index is 664. The quantitative estimate of drug-likeness (QED) is 0.819. The molecule has 96 valence electrons. The van der Waals surface area contributed by atoms with E-state index < -0.39 is 0 Å². The molecule has 2 aromatic heterocycles. The largest absolute Gasteiger partial charge is 0.370 e. The predicted molar refractivity (Wildman–Crippen MR) is 72.5 cm³/mol. The number of aromatic amines is 1. The Morgan fingerprint density at radius 3 is 3.06 bits per heavy atom. The number of H-pyrrole nitrogens is 1. The lowest BCUT2D eigenvalue weighted by atomic mass is 10.0. The van der Waals surface area contributed by atoms with E-state index in [1.165, 1.54) is 11.3 Å². The van der Waals surface area contributed by atoms with Crippen molar-refractivity contribution < 1.29 is 4.74 Å². The summed E-state index contributed by atoms with van der Waals surface area (Å²) in [5.74, 6) is 0.741. The summed E-state index contributed by atoms with van der Waals surface area (Å²) in [4.78, 5) is 21.1. The maximum atomic E-state index is 12.1. The fraction of sp³-hybridized carbons (Fsp3) is 0.500. The number of thiophene rings is 1. The number of alkyl halides is 1. The molecule has 0 bridgehead atoms. The van der Waals surface area contributed by atoms with Gasteiger partial charge in [-0.1, -0.05) is 0 Å². The molecule has 6 heteroatoms. The molecule has 0 amide bonds. The number of rotatable bonds is 1. The Morgan fingerprint density at radius 2 is 2.33 bits per heavy atom. The Balaban J connectivity index is 2.31. The van der Waals surface area contributed by atoms with Gasteiger partial charge in [-0.05, 0) is 19.4 Å². The normalized spacial score (nSPS) is 23.3. The van der Waals surface area contributed by atoms with Crippen molar-refractivity contribution in [2.75, 3.05) is 0 Å². The second kappa shape index (κ2) is 4.33. The van der Waals surface area contributed by atoms with E-state index in [9.17, 15) is 4.79 Å². The molecule has 0 saturated heterocycles. The lowest BCUT2D eigenvalue weighted by Gasteiger charge is -2.25. The molecule has 0 aromatic carbocycles. The van der Waals surface area contributed by atoms with Gasteiger partial charge in [0.2, 0.25) is 0 Å². The molecular formula is C12H13ClN2O2S. The summed E-state index contributed by atoms with van der Waals surface area (Å²) in [7, 11) is 0. The third kappa shape index (κ3) is 1.77. The maximum absolute atomic E-state index is 12.1. The number of hydrogen-bond acceptors (Lipinski definition) is 4. The van der Waals surface area contributed by atoms with E-state index in [2.05, 4.69) is 9.97 Å². The lowest BCUT2D eigenvalue weighted by Crippen LogP contribution is -2.22. The number of ether oxygens (including phenoxy) is 1. The number of fused-ring (bicyclic) bond motifs is 3. The summed E-state index contributed by atoms with van der Waals surface area (Å²) in [5, 5.41) is 0.714. The maximum Gasteiger partial charge on any atom is 0.259 e. The van der Waals surface area contributed by atoms with E-state index in [1.807, 2.05) is 13.8 Å². The summed E-state index contributed by atoms with van der Waals surface area (Å²) in [6, 6.07) is 0. The van der Waals surface area contributed by atoms with Gasteiger partial charge in [-0.25, -0.2) is 4.98 Å². The molecule has 2 atom stereocenters. The molecule has 0 radical (unpaired) electrons. The monoisotopic (exact) mass is 284 g/mol. The highest BCUT2D eigenvalue weighted by Gasteiger charge is 2.28. The van der Waals surface area contributed by atoms with Crippen LogP contribution in [0.1, 0.15) is 36.2 Å². The highest BCUT2D eigenvalue weighted by molar-refractivity contribution is 7.18. The fourth-order valence-corrected chi connectivity index (χ4v) is 3.80. The average molecular weight is 285 g/mol. The average Bonchev–Trinajstić information content (AvgIpc) is 2.68. The van der Waals surface area contributed by atoms with E-state index in [1.54, 1.807) is 0 Å². The SMILES string of the molecule is CC1Cc2c(sc3nc(CCl)[nH]c(=O)c23)C(C)O1. The van der Waals surface area contributed by atoms with Gasteiger partial charge >= 0.3 is 0 Å². The molecule has 3 rings (SSSR count). The molecule has 0 fully saturated rings. The van der Waals surface area contributed by atoms with Crippen molar-refractivity contribution in [3.8, 4) is 0 Å². The highest BCUT2D eigenvalue weighted by atomic mass is 35.5. The number of aromatic nitrogens is 2. The van der Waals surface area contributed by atoms with Gasteiger partial charge in [0, 0.05) is 11.3 Å². The first-order valence-electron chi connectivity index (χ1n) is 5.86. The van der Waals surface area contributed by atoms with Crippen molar-refractivity contribution >= 4 is 33.2 Å². The van der Waals surface area contributed by atoms with Crippen LogP contribution < -0.4 is 5.56 Å². The minimum absolute atomic E-state index is 0.0294. The number of nitrogens with one attached hydrogen (secondary N) is 1. The standard InChI is InChI=1S/C12H13ClN2O2S/c1-5-3-7-9-11(16)14-8(4-13)15-12(9)18-10(7)6(2)17-5/h5-6H,3-4H2,1-2H3,(H,14,15,16). The van der Waals surface area contributed by atoms with Gasteiger partial charge in [-0.3, -0.25) is 4.79 Å². The van der Waals surface area contributed by atoms with Crippen LogP contribution in [0.2, 0.25) is 0 Å². The molecule has 2 unspecified atom stereocenters. The zero-order chi connectivity index (χ0) is 12.9. The van der Waals surface area contributed by atoms with Crippen LogP contribution in [0.3, 0.4) is 0 Å². The topological polar surface area (TPSA) is 55.0 Å². The highest BCUT2D eigenvalue weighted by Crippen LogP contribution is 2.39. The van der Waals surface area contributed by atoms with Crippen LogP contribution in [0.5, 0.6) is 0 Å². The van der Waals surface area contributed by atoms with Gasteiger partial charge in [-0.15, -0.1) is 22.9 Å². The van der Waals surface area contributed by atoms with Gasteiger partial charge in [0.25, 0.3) is 5.56 Å². The first kappa shape index (κ1) is 12.1. The van der Waals surface area contributed by atoms with Crippen molar-refractivity contribution in [3.05, 3.63) is 26.6 Å². The molecule has 1 aliphatic rings. The van der Waals surface area contributed by atoms with E-state index in [4.69, 9.17) is 16.3 Å². The Morgan fingerprint density at radius 1 is 1.56 bits per heavy atom. The van der Waals surface area contributed by atoms with E-state index in [0.29, 0.717) is 11.2 Å². The third-order valence-corrected chi connectivity index (χ3v) is 4.71. The molecule has 2 aromatic rings. The summed E-state index contributed by atoms with van der Waals surface area (Å²) in [6.45, 7) is 4.04. The van der Waals surface area contributed by atoms with Crippen LogP contribution >= 0.6 is 22.9 Å². The number of nitrogens with zero attached hydrogens (tertiary/aromatic N) is 1. The zero-order valence-electron chi connectivity index (χ0n) is 10.1. The Kier molecular flexibility index (Phi) is 2.92. The van der Waals surface area contributed by atoms with Crippen molar-refractivity contribution in [2.45, 2.75) is 38.4 Å².